The smallest absolute Gasteiger partial charge is 0.244 e. The van der Waals surface area contributed by atoms with Gasteiger partial charge in [-0.1, -0.05) is 17.3 Å². The Kier molecular flexibility index (Phi) is 4.62. The van der Waals surface area contributed by atoms with Crippen molar-refractivity contribution in [3.05, 3.63) is 35.5 Å². The minimum absolute atomic E-state index is 0.0457. The molecule has 3 rings (SSSR count). The molecule has 1 unspecified atom stereocenters. The van der Waals surface area contributed by atoms with Gasteiger partial charge in [0.2, 0.25) is 17.6 Å². The Morgan fingerprint density at radius 2 is 2.00 bits per heavy atom. The van der Waals surface area contributed by atoms with Gasteiger partial charge in [-0.2, -0.15) is 4.98 Å². The molecule has 2 heterocycles. The summed E-state index contributed by atoms with van der Waals surface area (Å²) < 4.78 is 19.1. The van der Waals surface area contributed by atoms with Crippen LogP contribution < -0.4 is 0 Å². The van der Waals surface area contributed by atoms with E-state index in [2.05, 4.69) is 15.0 Å². The Morgan fingerprint density at radius 3 is 2.62 bits per heavy atom. The molecule has 1 aromatic heterocycles. The number of aromatic nitrogens is 2. The summed E-state index contributed by atoms with van der Waals surface area (Å²) in [5, 5.41) is 3.97. The zero-order chi connectivity index (χ0) is 17.3. The first-order valence-electron chi connectivity index (χ1n) is 8.05. The molecule has 1 saturated heterocycles. The van der Waals surface area contributed by atoms with Crippen molar-refractivity contribution in [2.75, 3.05) is 26.2 Å². The van der Waals surface area contributed by atoms with Gasteiger partial charge in [-0.25, -0.2) is 4.39 Å². The zero-order valence-corrected chi connectivity index (χ0v) is 14.1. The Balaban J connectivity index is 1.71. The van der Waals surface area contributed by atoms with Gasteiger partial charge in [0.1, 0.15) is 5.82 Å². The fourth-order valence-corrected chi connectivity index (χ4v) is 2.83. The number of aryl methyl sites for hydroxylation is 1. The molecule has 0 radical (unpaired) electrons. The van der Waals surface area contributed by atoms with Crippen LogP contribution in [0.5, 0.6) is 0 Å². The SMILES string of the molecule is CC(=O)N1CCN(C(C)c2nc(-c3ccc(C)c(F)c3)no2)CC1. The predicted molar refractivity (Wildman–Crippen MR) is 86.7 cm³/mol. The summed E-state index contributed by atoms with van der Waals surface area (Å²) in [6, 6.07) is 4.85. The average molecular weight is 332 g/mol. The Morgan fingerprint density at radius 1 is 1.29 bits per heavy atom. The Hall–Kier alpha value is -2.28. The molecule has 0 N–H and O–H groups in total. The number of piperazine rings is 1. The summed E-state index contributed by atoms with van der Waals surface area (Å²) in [4.78, 5) is 19.8. The summed E-state index contributed by atoms with van der Waals surface area (Å²) in [7, 11) is 0. The van der Waals surface area contributed by atoms with Crippen molar-refractivity contribution in [1.29, 1.82) is 0 Å². The van der Waals surface area contributed by atoms with E-state index in [0.717, 1.165) is 13.1 Å². The largest absolute Gasteiger partial charge is 0.340 e. The number of benzene rings is 1. The van der Waals surface area contributed by atoms with Crippen LogP contribution >= 0.6 is 0 Å². The van der Waals surface area contributed by atoms with E-state index in [-0.39, 0.29) is 17.8 Å². The van der Waals surface area contributed by atoms with E-state index in [1.54, 1.807) is 26.0 Å². The van der Waals surface area contributed by atoms with Crippen LogP contribution in [0.2, 0.25) is 0 Å². The summed E-state index contributed by atoms with van der Waals surface area (Å²) >= 11 is 0. The number of carbonyl (C=O) groups excluding carboxylic acids is 1. The van der Waals surface area contributed by atoms with Gasteiger partial charge >= 0.3 is 0 Å². The van der Waals surface area contributed by atoms with E-state index in [4.69, 9.17) is 4.52 Å². The number of nitrogens with zero attached hydrogens (tertiary/aromatic N) is 4. The first-order chi connectivity index (χ1) is 11.5. The molecule has 1 amide bonds. The van der Waals surface area contributed by atoms with Gasteiger partial charge in [-0.15, -0.1) is 0 Å². The van der Waals surface area contributed by atoms with E-state index in [0.29, 0.717) is 35.9 Å². The van der Waals surface area contributed by atoms with Crippen molar-refractivity contribution >= 4 is 5.91 Å². The molecule has 1 fully saturated rings. The maximum absolute atomic E-state index is 13.7. The molecule has 0 aliphatic carbocycles. The van der Waals surface area contributed by atoms with E-state index < -0.39 is 0 Å². The highest BCUT2D eigenvalue weighted by Gasteiger charge is 2.26. The summed E-state index contributed by atoms with van der Waals surface area (Å²) in [6.07, 6.45) is 0. The summed E-state index contributed by atoms with van der Waals surface area (Å²) in [6.45, 7) is 8.22. The average Bonchev–Trinajstić information content (AvgIpc) is 3.07. The zero-order valence-electron chi connectivity index (χ0n) is 14.1. The van der Waals surface area contributed by atoms with Gasteiger partial charge in [0.05, 0.1) is 6.04 Å². The summed E-state index contributed by atoms with van der Waals surface area (Å²) in [5.41, 5.74) is 1.18. The third-order valence-electron chi connectivity index (χ3n) is 4.54. The van der Waals surface area contributed by atoms with Crippen molar-refractivity contribution in [3.63, 3.8) is 0 Å². The van der Waals surface area contributed by atoms with Crippen LogP contribution in [0.4, 0.5) is 4.39 Å². The number of amides is 1. The van der Waals surface area contributed by atoms with Crippen molar-refractivity contribution < 1.29 is 13.7 Å². The van der Waals surface area contributed by atoms with E-state index in [1.807, 2.05) is 11.8 Å². The number of carbonyl (C=O) groups is 1. The van der Waals surface area contributed by atoms with Crippen LogP contribution in [0.25, 0.3) is 11.4 Å². The Labute approximate surface area is 140 Å². The van der Waals surface area contributed by atoms with Gasteiger partial charge in [-0.05, 0) is 25.5 Å². The lowest BCUT2D eigenvalue weighted by Crippen LogP contribution is -2.48. The molecule has 1 aromatic carbocycles. The van der Waals surface area contributed by atoms with Crippen LogP contribution in [-0.4, -0.2) is 52.0 Å². The van der Waals surface area contributed by atoms with Crippen LogP contribution in [0.1, 0.15) is 31.3 Å². The number of rotatable bonds is 3. The third kappa shape index (κ3) is 3.31. The maximum atomic E-state index is 13.7. The molecule has 1 aliphatic heterocycles. The number of halogens is 1. The van der Waals surface area contributed by atoms with Crippen LogP contribution in [0.3, 0.4) is 0 Å². The highest BCUT2D eigenvalue weighted by molar-refractivity contribution is 5.73. The molecular formula is C17H21FN4O2. The van der Waals surface area contributed by atoms with Crippen molar-refractivity contribution in [1.82, 2.24) is 19.9 Å². The molecule has 1 atom stereocenters. The molecule has 0 saturated carbocycles. The van der Waals surface area contributed by atoms with Crippen LogP contribution in [-0.2, 0) is 4.79 Å². The van der Waals surface area contributed by atoms with Crippen LogP contribution in [0.15, 0.2) is 22.7 Å². The maximum Gasteiger partial charge on any atom is 0.244 e. The minimum atomic E-state index is -0.285. The van der Waals surface area contributed by atoms with Gasteiger partial charge in [0.25, 0.3) is 0 Å². The minimum Gasteiger partial charge on any atom is -0.340 e. The fourth-order valence-electron chi connectivity index (χ4n) is 2.83. The molecule has 1 aliphatic rings. The molecule has 24 heavy (non-hydrogen) atoms. The predicted octanol–water partition coefficient (Wildman–Crippen LogP) is 2.41. The lowest BCUT2D eigenvalue weighted by molar-refractivity contribution is -0.130. The standard InChI is InChI=1S/C17H21FN4O2/c1-11-4-5-14(10-15(11)18)16-19-17(24-20-16)12(2)21-6-8-22(9-7-21)13(3)23/h4-5,10,12H,6-9H2,1-3H3. The molecule has 6 nitrogen and oxygen atoms in total. The first kappa shape index (κ1) is 16.6. The van der Waals surface area contributed by atoms with Crippen LogP contribution in [0, 0.1) is 12.7 Å². The first-order valence-corrected chi connectivity index (χ1v) is 8.05. The lowest BCUT2D eigenvalue weighted by Gasteiger charge is -2.36. The Bertz CT molecular complexity index is 738. The van der Waals surface area contributed by atoms with Crippen molar-refractivity contribution in [2.24, 2.45) is 0 Å². The fraction of sp³-hybridized carbons (Fsp3) is 0.471. The lowest BCUT2D eigenvalue weighted by atomic mass is 10.1. The molecule has 0 spiro atoms. The second kappa shape index (κ2) is 6.68. The van der Waals surface area contributed by atoms with Gasteiger partial charge in [-0.3, -0.25) is 9.69 Å². The molecule has 2 aromatic rings. The summed E-state index contributed by atoms with van der Waals surface area (Å²) in [5.74, 6) is 0.705. The molecular weight excluding hydrogens is 311 g/mol. The second-order valence-corrected chi connectivity index (χ2v) is 6.14. The van der Waals surface area contributed by atoms with Crippen molar-refractivity contribution in [2.45, 2.75) is 26.8 Å². The molecule has 128 valence electrons. The van der Waals surface area contributed by atoms with E-state index >= 15 is 0 Å². The molecule has 7 heteroatoms. The quantitative estimate of drug-likeness (QED) is 0.864. The number of hydrogen-bond acceptors (Lipinski definition) is 5. The highest BCUT2D eigenvalue weighted by atomic mass is 19.1. The topological polar surface area (TPSA) is 62.5 Å². The van der Waals surface area contributed by atoms with Gasteiger partial charge < -0.3 is 9.42 Å². The van der Waals surface area contributed by atoms with Gasteiger partial charge in [0.15, 0.2) is 0 Å². The second-order valence-electron chi connectivity index (χ2n) is 6.14. The third-order valence-corrected chi connectivity index (χ3v) is 4.54. The number of hydrogen-bond donors (Lipinski definition) is 0. The molecule has 0 bridgehead atoms. The van der Waals surface area contributed by atoms with Crippen molar-refractivity contribution in [3.8, 4) is 11.4 Å². The van der Waals surface area contributed by atoms with E-state index in [9.17, 15) is 9.18 Å². The normalized spacial score (nSPS) is 17.1. The highest BCUT2D eigenvalue weighted by Crippen LogP contribution is 2.24. The van der Waals surface area contributed by atoms with Gasteiger partial charge in [0, 0.05) is 38.7 Å². The monoisotopic (exact) mass is 332 g/mol. The van der Waals surface area contributed by atoms with E-state index in [1.165, 1.54) is 6.07 Å².